The Morgan fingerprint density at radius 1 is 1.19 bits per heavy atom. The van der Waals surface area contributed by atoms with Crippen LogP contribution >= 0.6 is 0 Å². The topological polar surface area (TPSA) is 69.7 Å². The van der Waals surface area contributed by atoms with E-state index in [2.05, 4.69) is 68.3 Å². The summed E-state index contributed by atoms with van der Waals surface area (Å²) in [7, 11) is 1.81. The predicted molar refractivity (Wildman–Crippen MR) is 85.1 cm³/mol. The van der Waals surface area contributed by atoms with Gasteiger partial charge in [-0.2, -0.15) is 9.97 Å². The molecule has 6 heteroatoms. The monoisotopic (exact) mass is 282 g/mol. The van der Waals surface area contributed by atoms with Crippen molar-refractivity contribution in [1.29, 1.82) is 0 Å². The van der Waals surface area contributed by atoms with Crippen molar-refractivity contribution in [3.05, 3.63) is 36.2 Å². The average molecular weight is 282 g/mol. The van der Waals surface area contributed by atoms with Gasteiger partial charge >= 0.3 is 0 Å². The number of H-pyrrole nitrogens is 1. The molecule has 2 aromatic heterocycles. The van der Waals surface area contributed by atoms with E-state index < -0.39 is 0 Å². The average Bonchev–Trinajstić information content (AvgIpc) is 2.98. The molecule has 3 rings (SSSR count). The van der Waals surface area contributed by atoms with Crippen molar-refractivity contribution in [2.75, 3.05) is 23.8 Å². The second-order valence-corrected chi connectivity index (χ2v) is 4.80. The highest BCUT2D eigenvalue weighted by molar-refractivity contribution is 5.87. The number of anilines is 3. The van der Waals surface area contributed by atoms with Crippen LogP contribution in [0.1, 0.15) is 12.5 Å². The number of hydrogen-bond acceptors (Lipinski definition) is 5. The van der Waals surface area contributed by atoms with E-state index in [0.29, 0.717) is 11.6 Å². The van der Waals surface area contributed by atoms with E-state index in [9.17, 15) is 0 Å². The third kappa shape index (κ3) is 2.40. The van der Waals surface area contributed by atoms with E-state index in [1.807, 2.05) is 0 Å². The van der Waals surface area contributed by atoms with Crippen LogP contribution < -0.4 is 10.2 Å². The second kappa shape index (κ2) is 5.40. The van der Waals surface area contributed by atoms with Crippen molar-refractivity contribution in [2.24, 2.45) is 0 Å². The fraction of sp³-hybridized carbons (Fsp3) is 0.267. The zero-order valence-electron chi connectivity index (χ0n) is 12.4. The summed E-state index contributed by atoms with van der Waals surface area (Å²) in [6.45, 7) is 4.98. The van der Waals surface area contributed by atoms with Gasteiger partial charge in [0, 0.05) is 19.3 Å². The summed E-state index contributed by atoms with van der Waals surface area (Å²) in [5.41, 5.74) is 3.84. The molecule has 0 saturated carbocycles. The summed E-state index contributed by atoms with van der Waals surface area (Å²) in [4.78, 5) is 18.5. The van der Waals surface area contributed by atoms with E-state index in [1.54, 1.807) is 13.4 Å². The lowest BCUT2D eigenvalue weighted by atomic mass is 10.2. The molecule has 0 unspecified atom stereocenters. The summed E-state index contributed by atoms with van der Waals surface area (Å²) in [5.74, 6) is 1.39. The molecule has 0 atom stereocenters. The Morgan fingerprint density at radius 3 is 2.62 bits per heavy atom. The zero-order chi connectivity index (χ0) is 14.8. The number of aromatic amines is 1. The van der Waals surface area contributed by atoms with E-state index in [1.165, 1.54) is 5.56 Å². The van der Waals surface area contributed by atoms with E-state index in [0.717, 1.165) is 23.6 Å². The summed E-state index contributed by atoms with van der Waals surface area (Å²) in [6.07, 6.45) is 1.64. The first-order chi connectivity index (χ1) is 10.2. The first kappa shape index (κ1) is 13.4. The molecule has 0 saturated heterocycles. The molecule has 0 aliphatic rings. The number of nitrogens with one attached hydrogen (secondary N) is 2. The smallest absolute Gasteiger partial charge is 0.226 e. The van der Waals surface area contributed by atoms with Crippen LogP contribution in [0.15, 0.2) is 30.6 Å². The Balaban J connectivity index is 2.15. The Kier molecular flexibility index (Phi) is 3.43. The fourth-order valence-electron chi connectivity index (χ4n) is 2.30. The highest BCUT2D eigenvalue weighted by Crippen LogP contribution is 2.29. The molecule has 2 N–H and O–H groups in total. The number of hydrogen-bond donors (Lipinski definition) is 2. The molecule has 3 aromatic rings. The van der Waals surface area contributed by atoms with Crippen molar-refractivity contribution in [3.8, 4) is 0 Å². The van der Waals surface area contributed by atoms with Gasteiger partial charge in [0.25, 0.3) is 0 Å². The lowest BCUT2D eigenvalue weighted by molar-refractivity contribution is 0.986. The maximum Gasteiger partial charge on any atom is 0.226 e. The molecule has 21 heavy (non-hydrogen) atoms. The highest BCUT2D eigenvalue weighted by Gasteiger charge is 2.16. The van der Waals surface area contributed by atoms with Gasteiger partial charge in [-0.3, -0.25) is 0 Å². The van der Waals surface area contributed by atoms with Gasteiger partial charge in [0.1, 0.15) is 5.52 Å². The number of aryl methyl sites for hydroxylation is 1. The summed E-state index contributed by atoms with van der Waals surface area (Å²) < 4.78 is 0. The lowest BCUT2D eigenvalue weighted by Crippen LogP contribution is -2.18. The molecule has 0 bridgehead atoms. The van der Waals surface area contributed by atoms with Crippen LogP contribution in [0, 0.1) is 6.92 Å². The standard InChI is InChI=1S/C15H18N6/c1-4-21(11-7-5-10(2)6-8-11)14-12-13(18-9-17-12)19-15(16-3)20-14/h5-9H,4H2,1-3H3,(H2,16,17,18,19,20). The Morgan fingerprint density at radius 2 is 1.95 bits per heavy atom. The molecule has 0 aliphatic carbocycles. The van der Waals surface area contributed by atoms with Gasteiger partial charge in [0.15, 0.2) is 11.5 Å². The minimum absolute atomic E-state index is 0.565. The van der Waals surface area contributed by atoms with Crippen molar-refractivity contribution < 1.29 is 0 Å². The molecular formula is C15H18N6. The largest absolute Gasteiger partial charge is 0.357 e. The molecule has 0 spiro atoms. The van der Waals surface area contributed by atoms with Gasteiger partial charge in [0.05, 0.1) is 6.33 Å². The maximum absolute atomic E-state index is 4.59. The Labute approximate surface area is 123 Å². The van der Waals surface area contributed by atoms with Crippen LogP contribution in [0.3, 0.4) is 0 Å². The molecule has 1 aromatic carbocycles. The number of rotatable bonds is 4. The fourth-order valence-corrected chi connectivity index (χ4v) is 2.30. The van der Waals surface area contributed by atoms with E-state index in [4.69, 9.17) is 0 Å². The summed E-state index contributed by atoms with van der Waals surface area (Å²) in [6, 6.07) is 8.40. The Hall–Kier alpha value is -2.63. The molecule has 0 radical (unpaired) electrons. The minimum atomic E-state index is 0.565. The third-order valence-corrected chi connectivity index (χ3v) is 3.41. The van der Waals surface area contributed by atoms with Crippen molar-refractivity contribution in [1.82, 2.24) is 19.9 Å². The molecule has 0 amide bonds. The first-order valence-electron chi connectivity index (χ1n) is 6.96. The Bertz CT molecular complexity index is 746. The number of fused-ring (bicyclic) bond motifs is 1. The van der Waals surface area contributed by atoms with Crippen molar-refractivity contribution in [2.45, 2.75) is 13.8 Å². The van der Waals surface area contributed by atoms with Gasteiger partial charge in [0.2, 0.25) is 5.95 Å². The number of imidazole rings is 1. The second-order valence-electron chi connectivity index (χ2n) is 4.80. The molecular weight excluding hydrogens is 264 g/mol. The van der Waals surface area contributed by atoms with Crippen LogP contribution in [0.2, 0.25) is 0 Å². The quantitative estimate of drug-likeness (QED) is 0.770. The van der Waals surface area contributed by atoms with E-state index >= 15 is 0 Å². The third-order valence-electron chi connectivity index (χ3n) is 3.41. The van der Waals surface area contributed by atoms with Gasteiger partial charge in [-0.05, 0) is 26.0 Å². The normalized spacial score (nSPS) is 10.8. The molecule has 0 aliphatic heterocycles. The number of aromatic nitrogens is 4. The van der Waals surface area contributed by atoms with E-state index in [-0.39, 0.29) is 0 Å². The van der Waals surface area contributed by atoms with Crippen molar-refractivity contribution >= 4 is 28.6 Å². The molecule has 0 fully saturated rings. The van der Waals surface area contributed by atoms with Crippen LogP contribution in [-0.4, -0.2) is 33.5 Å². The van der Waals surface area contributed by atoms with Gasteiger partial charge < -0.3 is 15.2 Å². The molecule has 2 heterocycles. The first-order valence-corrected chi connectivity index (χ1v) is 6.96. The minimum Gasteiger partial charge on any atom is -0.357 e. The number of benzene rings is 1. The SMILES string of the molecule is CCN(c1ccc(C)cc1)c1nc(NC)nc2nc[nH]c12. The van der Waals surface area contributed by atoms with Crippen LogP contribution in [-0.2, 0) is 0 Å². The molecule has 108 valence electrons. The van der Waals surface area contributed by atoms with Crippen LogP contribution in [0.5, 0.6) is 0 Å². The van der Waals surface area contributed by atoms with Gasteiger partial charge in [-0.25, -0.2) is 4.98 Å². The van der Waals surface area contributed by atoms with Gasteiger partial charge in [-0.15, -0.1) is 0 Å². The lowest BCUT2D eigenvalue weighted by Gasteiger charge is -2.23. The number of nitrogens with zero attached hydrogens (tertiary/aromatic N) is 4. The predicted octanol–water partition coefficient (Wildman–Crippen LogP) is 2.86. The summed E-state index contributed by atoms with van der Waals surface area (Å²) >= 11 is 0. The van der Waals surface area contributed by atoms with Crippen molar-refractivity contribution in [3.63, 3.8) is 0 Å². The van der Waals surface area contributed by atoms with Crippen LogP contribution in [0.25, 0.3) is 11.2 Å². The van der Waals surface area contributed by atoms with Crippen LogP contribution in [0.4, 0.5) is 17.5 Å². The highest BCUT2D eigenvalue weighted by atomic mass is 15.2. The zero-order valence-corrected chi connectivity index (χ0v) is 12.4. The van der Waals surface area contributed by atoms with Gasteiger partial charge in [-0.1, -0.05) is 17.7 Å². The maximum atomic E-state index is 4.59. The summed E-state index contributed by atoms with van der Waals surface area (Å²) in [5, 5.41) is 2.99. The molecule has 6 nitrogen and oxygen atoms in total.